The first-order chi connectivity index (χ1) is 13.7. The van der Waals surface area contributed by atoms with Crippen LogP contribution in [0.2, 0.25) is 0 Å². The number of hydrogen-bond acceptors (Lipinski definition) is 9. The van der Waals surface area contributed by atoms with Crippen molar-refractivity contribution in [3.05, 3.63) is 45.9 Å². The molecule has 0 saturated heterocycles. The van der Waals surface area contributed by atoms with Crippen molar-refractivity contribution in [2.24, 2.45) is 10.2 Å². The molecule has 4 rings (SSSR count). The van der Waals surface area contributed by atoms with Gasteiger partial charge in [-0.3, -0.25) is 15.2 Å². The highest BCUT2D eigenvalue weighted by molar-refractivity contribution is 7.09. The van der Waals surface area contributed by atoms with Crippen LogP contribution >= 0.6 is 11.5 Å². The van der Waals surface area contributed by atoms with Crippen molar-refractivity contribution in [3.8, 4) is 11.4 Å². The van der Waals surface area contributed by atoms with Gasteiger partial charge in [-0.1, -0.05) is 32.9 Å². The molecule has 0 amide bonds. The maximum absolute atomic E-state index is 11.0. The number of rotatable bonds is 4. The number of hydrogen-bond donors (Lipinski definition) is 1. The Morgan fingerprint density at radius 3 is 2.76 bits per heavy atom. The minimum absolute atomic E-state index is 0.0211. The number of non-ortho nitro benzene ring substituents is 1. The Balaban J connectivity index is 1.69. The molecule has 12 heteroatoms. The molecule has 0 fully saturated rings. The van der Waals surface area contributed by atoms with Crippen molar-refractivity contribution in [1.29, 1.82) is 0 Å². The minimum atomic E-state index is -0.456. The van der Waals surface area contributed by atoms with Gasteiger partial charge in [-0.15, -0.1) is 15.3 Å². The number of nitro benzene ring substituents is 1. The van der Waals surface area contributed by atoms with E-state index in [1.165, 1.54) is 12.1 Å². The van der Waals surface area contributed by atoms with Gasteiger partial charge in [0.2, 0.25) is 10.8 Å². The van der Waals surface area contributed by atoms with Gasteiger partial charge in [0.15, 0.2) is 11.5 Å². The zero-order chi connectivity index (χ0) is 20.8. The predicted molar refractivity (Wildman–Crippen MR) is 107 cm³/mol. The lowest BCUT2D eigenvalue weighted by Gasteiger charge is -2.16. The minimum Gasteiger partial charge on any atom is -0.277 e. The molecule has 148 valence electrons. The van der Waals surface area contributed by atoms with Crippen LogP contribution in [0.15, 0.2) is 34.5 Å². The van der Waals surface area contributed by atoms with E-state index >= 15 is 0 Å². The van der Waals surface area contributed by atoms with Gasteiger partial charge in [0.1, 0.15) is 5.82 Å². The molecule has 0 atom stereocenters. The molecule has 1 N–H and O–H groups in total. The van der Waals surface area contributed by atoms with E-state index in [1.54, 1.807) is 23.7 Å². The van der Waals surface area contributed by atoms with E-state index in [2.05, 4.69) is 55.5 Å². The van der Waals surface area contributed by atoms with Crippen molar-refractivity contribution in [1.82, 2.24) is 29.2 Å². The van der Waals surface area contributed by atoms with E-state index in [9.17, 15) is 10.1 Å². The second-order valence-electron chi connectivity index (χ2n) is 7.39. The number of benzene rings is 1. The van der Waals surface area contributed by atoms with Crippen molar-refractivity contribution in [3.63, 3.8) is 0 Å². The summed E-state index contributed by atoms with van der Waals surface area (Å²) in [6, 6.07) is 6.15. The smallest absolute Gasteiger partial charge is 0.270 e. The SMILES string of the molecule is Cc1nc2c(N=Nc3nc(-c4cccc([N+](=O)[O-])c4)ns3)c(C(C)(C)C)[nH]n2n1. The molecular weight excluding hydrogens is 394 g/mol. The summed E-state index contributed by atoms with van der Waals surface area (Å²) in [6.45, 7) is 7.95. The van der Waals surface area contributed by atoms with Gasteiger partial charge in [-0.25, -0.2) is 4.98 Å². The molecular formula is C17H17N9O2S. The van der Waals surface area contributed by atoms with Gasteiger partial charge in [0.25, 0.3) is 5.69 Å². The van der Waals surface area contributed by atoms with E-state index in [4.69, 9.17) is 0 Å². The zero-order valence-corrected chi connectivity index (χ0v) is 16.9. The van der Waals surface area contributed by atoms with Crippen LogP contribution in [-0.4, -0.2) is 34.1 Å². The van der Waals surface area contributed by atoms with Crippen LogP contribution < -0.4 is 0 Å². The first kappa shape index (κ1) is 18.8. The fraction of sp³-hybridized carbons (Fsp3) is 0.294. The number of nitrogens with one attached hydrogen (secondary N) is 1. The Kier molecular flexibility index (Phi) is 4.42. The van der Waals surface area contributed by atoms with Crippen LogP contribution in [0.3, 0.4) is 0 Å². The van der Waals surface area contributed by atoms with E-state index in [0.717, 1.165) is 17.2 Å². The van der Waals surface area contributed by atoms with Crippen molar-refractivity contribution in [2.75, 3.05) is 0 Å². The van der Waals surface area contributed by atoms with Crippen molar-refractivity contribution < 1.29 is 4.92 Å². The molecule has 0 aliphatic carbocycles. The van der Waals surface area contributed by atoms with Gasteiger partial charge in [-0.2, -0.15) is 14.0 Å². The molecule has 3 aromatic heterocycles. The molecule has 0 saturated carbocycles. The molecule has 11 nitrogen and oxygen atoms in total. The number of aromatic amines is 1. The van der Waals surface area contributed by atoms with Crippen LogP contribution in [0.4, 0.5) is 16.5 Å². The Morgan fingerprint density at radius 2 is 2.03 bits per heavy atom. The zero-order valence-electron chi connectivity index (χ0n) is 16.1. The summed E-state index contributed by atoms with van der Waals surface area (Å²) in [5.74, 6) is 0.985. The average molecular weight is 411 g/mol. The molecule has 0 aliphatic heterocycles. The number of aryl methyl sites for hydroxylation is 1. The third kappa shape index (κ3) is 3.61. The van der Waals surface area contributed by atoms with Gasteiger partial charge >= 0.3 is 0 Å². The van der Waals surface area contributed by atoms with Crippen molar-refractivity contribution in [2.45, 2.75) is 33.1 Å². The number of aromatic nitrogens is 6. The second kappa shape index (κ2) is 6.81. The number of fused-ring (bicyclic) bond motifs is 1. The largest absolute Gasteiger partial charge is 0.277 e. The summed E-state index contributed by atoms with van der Waals surface area (Å²) in [5, 5.41) is 27.4. The normalized spacial score (nSPS) is 12.3. The number of nitrogens with zero attached hydrogens (tertiary/aromatic N) is 8. The molecule has 0 spiro atoms. The van der Waals surface area contributed by atoms with Crippen LogP contribution in [0.1, 0.15) is 32.3 Å². The van der Waals surface area contributed by atoms with Crippen molar-refractivity contribution >= 4 is 33.7 Å². The van der Waals surface area contributed by atoms with E-state index in [1.807, 2.05) is 0 Å². The molecule has 0 aliphatic rings. The highest BCUT2D eigenvalue weighted by atomic mass is 32.1. The van der Waals surface area contributed by atoms with Gasteiger partial charge in [0.05, 0.1) is 10.6 Å². The van der Waals surface area contributed by atoms with Crippen LogP contribution in [0.5, 0.6) is 0 Å². The Bertz CT molecular complexity index is 1250. The molecule has 29 heavy (non-hydrogen) atoms. The monoisotopic (exact) mass is 411 g/mol. The molecule has 1 aromatic carbocycles. The first-order valence-corrected chi connectivity index (χ1v) is 9.46. The van der Waals surface area contributed by atoms with Gasteiger partial charge in [0, 0.05) is 34.6 Å². The van der Waals surface area contributed by atoms with Crippen LogP contribution in [0, 0.1) is 17.0 Å². The van der Waals surface area contributed by atoms with Gasteiger partial charge in [-0.05, 0) is 6.92 Å². The average Bonchev–Trinajstić information content (AvgIpc) is 3.34. The molecule has 0 radical (unpaired) electrons. The summed E-state index contributed by atoms with van der Waals surface area (Å²) in [5.41, 5.74) is 2.32. The fourth-order valence-electron chi connectivity index (χ4n) is 2.76. The number of H-pyrrole nitrogens is 1. The first-order valence-electron chi connectivity index (χ1n) is 8.68. The van der Waals surface area contributed by atoms with Crippen LogP contribution in [0.25, 0.3) is 17.0 Å². The topological polar surface area (TPSA) is 140 Å². The lowest BCUT2D eigenvalue weighted by molar-refractivity contribution is -0.384. The Hall–Kier alpha value is -3.54. The lowest BCUT2D eigenvalue weighted by Crippen LogP contribution is -2.12. The van der Waals surface area contributed by atoms with Crippen LogP contribution in [-0.2, 0) is 5.41 Å². The number of azo groups is 1. The number of nitro groups is 1. The quantitative estimate of drug-likeness (QED) is 0.298. The van der Waals surface area contributed by atoms with E-state index < -0.39 is 4.92 Å². The molecule has 0 bridgehead atoms. The molecule has 0 unspecified atom stereocenters. The third-order valence-corrected chi connectivity index (χ3v) is 4.70. The summed E-state index contributed by atoms with van der Waals surface area (Å²) in [4.78, 5) is 19.2. The van der Waals surface area contributed by atoms with E-state index in [0.29, 0.717) is 33.7 Å². The highest BCUT2D eigenvalue weighted by Gasteiger charge is 2.25. The third-order valence-electron chi connectivity index (χ3n) is 4.10. The lowest BCUT2D eigenvalue weighted by atomic mass is 9.91. The maximum atomic E-state index is 11.0. The fourth-order valence-corrected chi connectivity index (χ4v) is 3.28. The standard InChI is InChI=1S/C17H17N9O2S/c1-9-18-15-12(13(17(2,3)4)23-25(15)22-9)20-21-16-19-14(24-29-16)10-6-5-7-11(8-10)26(27)28/h5-8,23H,1-4H3. The summed E-state index contributed by atoms with van der Waals surface area (Å²) in [6.07, 6.45) is 0. The Labute approximate surface area is 168 Å². The highest BCUT2D eigenvalue weighted by Crippen LogP contribution is 2.35. The summed E-state index contributed by atoms with van der Waals surface area (Å²) < 4.78 is 5.82. The summed E-state index contributed by atoms with van der Waals surface area (Å²) >= 11 is 1.06. The predicted octanol–water partition coefficient (Wildman–Crippen LogP) is 4.51. The second-order valence-corrected chi connectivity index (χ2v) is 8.12. The Morgan fingerprint density at radius 1 is 1.24 bits per heavy atom. The summed E-state index contributed by atoms with van der Waals surface area (Å²) in [7, 11) is 0. The molecule has 3 heterocycles. The molecule has 4 aromatic rings. The van der Waals surface area contributed by atoms with E-state index in [-0.39, 0.29) is 11.1 Å². The van der Waals surface area contributed by atoms with Gasteiger partial charge < -0.3 is 0 Å². The maximum Gasteiger partial charge on any atom is 0.270 e.